The summed E-state index contributed by atoms with van der Waals surface area (Å²) < 4.78 is 46.6. The Morgan fingerprint density at radius 3 is 2.34 bits per heavy atom. The van der Waals surface area contributed by atoms with Gasteiger partial charge in [0.2, 0.25) is 0 Å². The highest BCUT2D eigenvalue weighted by Crippen LogP contribution is 2.39. The molecule has 1 aliphatic heterocycles. The maximum absolute atomic E-state index is 13.6. The number of ether oxygens (including phenoxy) is 3. The van der Waals surface area contributed by atoms with Gasteiger partial charge >= 0.3 is 6.09 Å². The van der Waals surface area contributed by atoms with E-state index >= 15 is 0 Å². The lowest BCUT2D eigenvalue weighted by Crippen LogP contribution is -2.62. The largest absolute Gasteiger partial charge is 0.480 e. The second-order valence-corrected chi connectivity index (χ2v) is 13.0. The lowest BCUT2D eigenvalue weighted by Gasteiger charge is -2.48. The van der Waals surface area contributed by atoms with Crippen molar-refractivity contribution in [2.45, 2.75) is 69.3 Å². The van der Waals surface area contributed by atoms with Gasteiger partial charge in [0.1, 0.15) is 28.2 Å². The normalized spacial score (nSPS) is 16.5. The summed E-state index contributed by atoms with van der Waals surface area (Å²) in [5.41, 5.74) is 0.564. The van der Waals surface area contributed by atoms with Gasteiger partial charge in [-0.05, 0) is 88.6 Å². The van der Waals surface area contributed by atoms with Gasteiger partial charge in [-0.25, -0.2) is 17.7 Å². The summed E-state index contributed by atoms with van der Waals surface area (Å²) in [7, 11) is -1.43. The Balaban J connectivity index is 1.46. The molecule has 0 bridgehead atoms. The monoisotopic (exact) mass is 582 g/mol. The maximum Gasteiger partial charge on any atom is 0.407 e. The third-order valence-corrected chi connectivity index (χ3v) is 7.84. The van der Waals surface area contributed by atoms with E-state index in [0.717, 1.165) is 11.1 Å². The molecule has 0 aromatic heterocycles. The molecule has 1 amide bonds. The highest BCUT2D eigenvalue weighted by atomic mass is 32.2. The molecule has 9 heteroatoms. The van der Waals surface area contributed by atoms with Gasteiger partial charge in [0, 0.05) is 0 Å². The van der Waals surface area contributed by atoms with Crippen LogP contribution in [-0.4, -0.2) is 52.1 Å². The van der Waals surface area contributed by atoms with Crippen LogP contribution in [0.15, 0.2) is 83.8 Å². The Bertz CT molecular complexity index is 1320. The molecule has 3 aromatic rings. The van der Waals surface area contributed by atoms with Crippen molar-refractivity contribution >= 4 is 17.1 Å². The van der Waals surface area contributed by atoms with Gasteiger partial charge in [0.15, 0.2) is 5.60 Å². The average molecular weight is 583 g/mol. The van der Waals surface area contributed by atoms with E-state index in [2.05, 4.69) is 5.32 Å². The van der Waals surface area contributed by atoms with E-state index in [9.17, 15) is 13.4 Å². The predicted molar refractivity (Wildman–Crippen MR) is 158 cm³/mol. The Labute approximate surface area is 244 Å². The van der Waals surface area contributed by atoms with Crippen molar-refractivity contribution in [3.63, 3.8) is 0 Å². The lowest BCUT2D eigenvalue weighted by molar-refractivity contribution is -0.0388. The minimum absolute atomic E-state index is 0.00482. The molecular weight excluding hydrogens is 543 g/mol. The van der Waals surface area contributed by atoms with Gasteiger partial charge in [-0.2, -0.15) is 0 Å². The van der Waals surface area contributed by atoms with Crippen molar-refractivity contribution in [3.8, 4) is 5.75 Å². The van der Waals surface area contributed by atoms with Crippen LogP contribution in [0.3, 0.4) is 0 Å². The van der Waals surface area contributed by atoms with Crippen LogP contribution in [0.2, 0.25) is 0 Å². The second kappa shape index (κ2) is 13.1. The Hall–Kier alpha value is -3.27. The Kier molecular flexibility index (Phi) is 9.84. The number of hydrogen-bond donors (Lipinski definition) is 1. The number of nitrogens with one attached hydrogen (secondary N) is 1. The first-order chi connectivity index (χ1) is 19.4. The zero-order chi connectivity index (χ0) is 29.6. The van der Waals surface area contributed by atoms with Crippen LogP contribution in [-0.2, 0) is 32.5 Å². The molecule has 3 aromatic carbocycles. The molecular formula is C32H39FN2O5S. The Morgan fingerprint density at radius 2 is 1.71 bits per heavy atom. The number of carbonyl (C=O) groups is 1. The molecule has 4 rings (SSSR count). The molecule has 0 radical (unpaired) electrons. The first-order valence-electron chi connectivity index (χ1n) is 13.8. The van der Waals surface area contributed by atoms with Crippen molar-refractivity contribution in [1.82, 2.24) is 9.62 Å². The number of hydrogen-bond acceptors (Lipinski definition) is 5. The number of nitrogens with zero attached hydrogens (tertiary/aromatic N) is 1. The van der Waals surface area contributed by atoms with Crippen LogP contribution in [0.25, 0.3) is 0 Å². The van der Waals surface area contributed by atoms with E-state index in [-0.39, 0.29) is 18.0 Å². The predicted octanol–water partition coefficient (Wildman–Crippen LogP) is 6.00. The molecule has 7 nitrogen and oxygen atoms in total. The molecule has 0 saturated carbocycles. The number of alkyl carbamates (subject to hydrolysis) is 1. The van der Waals surface area contributed by atoms with Gasteiger partial charge in [-0.3, -0.25) is 0 Å². The molecule has 1 N–H and O–H groups in total. The topological polar surface area (TPSA) is 77.1 Å². The molecule has 2 atom stereocenters. The minimum atomic E-state index is -1.43. The summed E-state index contributed by atoms with van der Waals surface area (Å²) >= 11 is 0. The summed E-state index contributed by atoms with van der Waals surface area (Å²) in [4.78, 5) is 13.1. The summed E-state index contributed by atoms with van der Waals surface area (Å²) in [6.45, 7) is 10.4. The van der Waals surface area contributed by atoms with E-state index < -0.39 is 28.3 Å². The van der Waals surface area contributed by atoms with Crippen LogP contribution in [0.1, 0.15) is 45.7 Å². The number of halogens is 1. The first kappa shape index (κ1) is 30.7. The van der Waals surface area contributed by atoms with Crippen molar-refractivity contribution in [2.75, 3.05) is 19.7 Å². The van der Waals surface area contributed by atoms with E-state index in [1.54, 1.807) is 12.1 Å². The van der Waals surface area contributed by atoms with E-state index in [4.69, 9.17) is 14.2 Å². The highest BCUT2D eigenvalue weighted by molar-refractivity contribution is 7.82. The summed E-state index contributed by atoms with van der Waals surface area (Å²) in [6, 6.07) is 23.0. The van der Waals surface area contributed by atoms with Gasteiger partial charge < -0.3 is 19.5 Å². The molecule has 1 aliphatic rings. The van der Waals surface area contributed by atoms with Gasteiger partial charge in [-0.15, -0.1) is 0 Å². The zero-order valence-corrected chi connectivity index (χ0v) is 25.1. The fourth-order valence-electron chi connectivity index (χ4n) is 4.57. The molecule has 0 aliphatic carbocycles. The molecule has 1 heterocycles. The van der Waals surface area contributed by atoms with Crippen LogP contribution < -0.4 is 10.1 Å². The van der Waals surface area contributed by atoms with Gasteiger partial charge in [0.05, 0.1) is 36.7 Å². The van der Waals surface area contributed by atoms with Crippen molar-refractivity contribution in [2.24, 2.45) is 0 Å². The first-order valence-corrected chi connectivity index (χ1v) is 14.9. The summed E-state index contributed by atoms with van der Waals surface area (Å²) in [5, 5.41) is 2.91. The fraction of sp³-hybridized carbons (Fsp3) is 0.406. The molecule has 41 heavy (non-hydrogen) atoms. The second-order valence-electron chi connectivity index (χ2n) is 11.5. The molecule has 1 fully saturated rings. The third-order valence-electron chi connectivity index (χ3n) is 6.46. The smallest absolute Gasteiger partial charge is 0.407 e. The lowest BCUT2D eigenvalue weighted by atomic mass is 9.87. The Morgan fingerprint density at radius 1 is 1.02 bits per heavy atom. The molecule has 1 unspecified atom stereocenters. The molecule has 1 saturated heterocycles. The van der Waals surface area contributed by atoms with E-state index in [1.807, 2.05) is 93.5 Å². The number of rotatable bonds is 11. The number of benzene rings is 3. The van der Waals surface area contributed by atoms with E-state index in [1.165, 1.54) is 12.1 Å². The zero-order valence-electron chi connectivity index (χ0n) is 24.3. The van der Waals surface area contributed by atoms with Crippen LogP contribution in [0.5, 0.6) is 5.75 Å². The maximum atomic E-state index is 13.6. The number of amides is 1. The van der Waals surface area contributed by atoms with Gasteiger partial charge in [0.25, 0.3) is 0 Å². The summed E-state index contributed by atoms with van der Waals surface area (Å²) in [6.07, 6.45) is -0.0164. The standard InChI is InChI=1S/C32H39FN2O5S/c1-23(2)38-20-27(34-30(36)40-31(3,4)5)18-24-10-9-13-29(19-24)41(37)35-21-32(22-35,25-11-7-6-8-12-25)39-28-16-14-26(33)15-17-28/h6-17,19,23,27H,18,20-22H2,1-5H3,(H,34,36)/t27-,41?/m0/s1. The van der Waals surface area contributed by atoms with Crippen molar-refractivity contribution in [3.05, 3.63) is 95.8 Å². The van der Waals surface area contributed by atoms with Crippen LogP contribution in [0, 0.1) is 5.82 Å². The quantitative estimate of drug-likeness (QED) is 0.300. The SMILES string of the molecule is CC(C)OC[C@H](Cc1cccc(S(=O)N2CC(Oc3ccc(F)cc3)(c3ccccc3)C2)c1)NC(=O)OC(C)(C)C. The van der Waals surface area contributed by atoms with Crippen molar-refractivity contribution < 1.29 is 27.6 Å². The minimum Gasteiger partial charge on any atom is -0.480 e. The third kappa shape index (κ3) is 8.61. The molecule has 0 spiro atoms. The molecule has 220 valence electrons. The van der Waals surface area contributed by atoms with Crippen LogP contribution in [0.4, 0.5) is 9.18 Å². The van der Waals surface area contributed by atoms with E-state index in [0.29, 0.717) is 36.8 Å². The average Bonchev–Trinajstić information content (AvgIpc) is 2.89. The number of carbonyl (C=O) groups excluding carboxylic acids is 1. The highest BCUT2D eigenvalue weighted by Gasteiger charge is 2.49. The fourth-order valence-corrected chi connectivity index (χ4v) is 5.96. The van der Waals surface area contributed by atoms with Crippen molar-refractivity contribution in [1.29, 1.82) is 0 Å². The van der Waals surface area contributed by atoms with Crippen LogP contribution >= 0.6 is 0 Å². The van der Waals surface area contributed by atoms with Gasteiger partial charge in [-0.1, -0.05) is 42.5 Å². The summed E-state index contributed by atoms with van der Waals surface area (Å²) in [5.74, 6) is 0.219.